The minimum Gasteiger partial charge on any atom is -0.469 e. The summed E-state index contributed by atoms with van der Waals surface area (Å²) >= 11 is 1.38. The van der Waals surface area contributed by atoms with Gasteiger partial charge in [0.05, 0.1) is 19.1 Å². The Morgan fingerprint density at radius 3 is 2.26 bits per heavy atom. The van der Waals surface area contributed by atoms with Gasteiger partial charge in [-0.15, -0.1) is 11.3 Å². The number of hydrogen-bond donors (Lipinski definition) is 3. The zero-order chi connectivity index (χ0) is 39.2. The Hall–Kier alpha value is -3.35. The highest BCUT2D eigenvalue weighted by molar-refractivity contribution is 7.09. The first-order chi connectivity index (χ1) is 25.3. The van der Waals surface area contributed by atoms with E-state index >= 15 is 0 Å². The smallest absolute Gasteiger partial charge is 0.313 e. The highest BCUT2D eigenvalue weighted by atomic mass is 32.1. The van der Waals surface area contributed by atoms with Gasteiger partial charge in [0, 0.05) is 37.0 Å². The van der Waals surface area contributed by atoms with Crippen molar-refractivity contribution in [2.45, 2.75) is 137 Å². The molecule has 53 heavy (non-hydrogen) atoms. The molecule has 0 radical (unpaired) electrons. The lowest BCUT2D eigenvalue weighted by atomic mass is 9.80. The molecule has 0 bridgehead atoms. The van der Waals surface area contributed by atoms with Crippen molar-refractivity contribution in [3.63, 3.8) is 0 Å². The molecule has 12 heteroatoms. The SMILES string of the molecule is CCCO[C@H](CC(C(C)C)N(CCC)C(=O)[C@@H](NC(=O)[C@@H](NC)[C@@H](C)CC)[C@@H](C)CC)c1nc(C(=O)N[C@H]2Cc3ccccc3[C@H](C(=O)OC)C2)cs1. The van der Waals surface area contributed by atoms with Crippen LogP contribution in [0.2, 0.25) is 0 Å². The van der Waals surface area contributed by atoms with Crippen LogP contribution in [0.4, 0.5) is 0 Å². The maximum absolute atomic E-state index is 14.6. The summed E-state index contributed by atoms with van der Waals surface area (Å²) in [6.07, 6.45) is 4.23. The summed E-state index contributed by atoms with van der Waals surface area (Å²) in [4.78, 5) is 61.2. The van der Waals surface area contributed by atoms with Gasteiger partial charge in [-0.05, 0) is 61.6 Å². The quantitative estimate of drug-likeness (QED) is 0.124. The van der Waals surface area contributed by atoms with Crippen molar-refractivity contribution in [1.29, 1.82) is 0 Å². The molecular formula is C41H65N5O6S. The number of nitrogens with zero attached hydrogens (tertiary/aromatic N) is 2. The zero-order valence-electron chi connectivity index (χ0n) is 33.7. The second-order valence-corrected chi connectivity index (χ2v) is 15.8. The molecule has 296 valence electrons. The van der Waals surface area contributed by atoms with Crippen molar-refractivity contribution in [1.82, 2.24) is 25.8 Å². The Morgan fingerprint density at radius 1 is 0.981 bits per heavy atom. The molecule has 1 aromatic carbocycles. The monoisotopic (exact) mass is 755 g/mol. The molecule has 0 saturated heterocycles. The number of aromatic nitrogens is 1. The molecule has 1 aliphatic carbocycles. The van der Waals surface area contributed by atoms with Gasteiger partial charge in [0.25, 0.3) is 5.91 Å². The normalized spacial score (nSPS) is 18.9. The minimum atomic E-state index is -0.670. The third kappa shape index (κ3) is 11.6. The number of thiazole rings is 1. The molecule has 2 aromatic rings. The Balaban J connectivity index is 1.86. The topological polar surface area (TPSA) is 139 Å². The molecule has 3 amide bonds. The molecule has 0 spiro atoms. The molecule has 3 rings (SSSR count). The Kier molecular flexibility index (Phi) is 17.9. The van der Waals surface area contributed by atoms with Gasteiger partial charge in [0.2, 0.25) is 11.8 Å². The van der Waals surface area contributed by atoms with Crippen LogP contribution in [0, 0.1) is 17.8 Å². The van der Waals surface area contributed by atoms with E-state index in [0.717, 1.165) is 36.8 Å². The molecule has 1 aliphatic rings. The van der Waals surface area contributed by atoms with Gasteiger partial charge >= 0.3 is 5.97 Å². The van der Waals surface area contributed by atoms with Crippen LogP contribution in [0.3, 0.4) is 0 Å². The Morgan fingerprint density at radius 2 is 1.66 bits per heavy atom. The molecular weight excluding hydrogens is 691 g/mol. The first-order valence-electron chi connectivity index (χ1n) is 19.7. The number of esters is 1. The third-order valence-corrected chi connectivity index (χ3v) is 11.7. The van der Waals surface area contributed by atoms with E-state index in [2.05, 4.69) is 43.6 Å². The molecule has 8 atom stereocenters. The van der Waals surface area contributed by atoms with Crippen LogP contribution in [-0.4, -0.2) is 85.1 Å². The number of fused-ring (bicyclic) bond motifs is 1. The van der Waals surface area contributed by atoms with E-state index in [9.17, 15) is 19.2 Å². The van der Waals surface area contributed by atoms with Crippen LogP contribution in [0.1, 0.15) is 133 Å². The van der Waals surface area contributed by atoms with Crippen LogP contribution in [0.25, 0.3) is 0 Å². The van der Waals surface area contributed by atoms with Gasteiger partial charge in [-0.2, -0.15) is 0 Å². The van der Waals surface area contributed by atoms with Gasteiger partial charge in [0.15, 0.2) is 0 Å². The lowest BCUT2D eigenvalue weighted by Crippen LogP contribution is -2.59. The summed E-state index contributed by atoms with van der Waals surface area (Å²) < 4.78 is 11.5. The van der Waals surface area contributed by atoms with Gasteiger partial charge in [-0.3, -0.25) is 19.2 Å². The molecule has 1 aromatic heterocycles. The highest BCUT2D eigenvalue weighted by Crippen LogP contribution is 2.34. The van der Waals surface area contributed by atoms with Gasteiger partial charge in [-0.1, -0.05) is 92.5 Å². The van der Waals surface area contributed by atoms with Crippen LogP contribution >= 0.6 is 11.3 Å². The standard InChI is InChI=1S/C41H65N5O6S/c1-11-19-46(40(49)36(27(8)14-4)45-38(48)35(42-9)26(7)13-3)33(25(5)6)23-34(52-20-12-2)39-44-32(24-53-39)37(47)43-29-21-28-17-15-16-18-30(28)31(22-29)41(50)51-10/h15-18,24-27,29,31,33-36,42H,11-14,19-23H2,1-10H3,(H,43,47)(H,45,48)/t26-,27-,29-,31+,33?,34+,35-,36-/m0/s1. The van der Waals surface area contributed by atoms with Crippen LogP contribution in [0.5, 0.6) is 0 Å². The van der Waals surface area contributed by atoms with E-state index in [1.165, 1.54) is 18.4 Å². The average molecular weight is 756 g/mol. The predicted octanol–water partition coefficient (Wildman–Crippen LogP) is 6.43. The van der Waals surface area contributed by atoms with Crippen molar-refractivity contribution in [3.8, 4) is 0 Å². The van der Waals surface area contributed by atoms with Crippen molar-refractivity contribution in [3.05, 3.63) is 51.5 Å². The lowest BCUT2D eigenvalue weighted by Gasteiger charge is -2.39. The number of likely N-dealkylation sites (N-methyl/N-ethyl adjacent to an activating group) is 1. The second-order valence-electron chi connectivity index (χ2n) is 14.9. The van der Waals surface area contributed by atoms with E-state index in [-0.39, 0.29) is 53.5 Å². The van der Waals surface area contributed by atoms with Crippen molar-refractivity contribution >= 4 is 35.0 Å². The van der Waals surface area contributed by atoms with E-state index in [1.54, 1.807) is 12.4 Å². The number of carbonyl (C=O) groups excluding carboxylic acids is 4. The van der Waals surface area contributed by atoms with Crippen molar-refractivity contribution < 1.29 is 28.7 Å². The highest BCUT2D eigenvalue weighted by Gasteiger charge is 2.38. The third-order valence-electron chi connectivity index (χ3n) is 10.7. The predicted molar refractivity (Wildman–Crippen MR) is 211 cm³/mol. The maximum atomic E-state index is 14.6. The second kappa shape index (κ2) is 21.5. The summed E-state index contributed by atoms with van der Waals surface area (Å²) in [6.45, 7) is 17.5. The number of hydrogen-bond acceptors (Lipinski definition) is 9. The average Bonchev–Trinajstić information content (AvgIpc) is 3.66. The molecule has 0 fully saturated rings. The van der Waals surface area contributed by atoms with E-state index < -0.39 is 24.1 Å². The van der Waals surface area contributed by atoms with Gasteiger partial charge < -0.3 is 30.3 Å². The van der Waals surface area contributed by atoms with Crippen molar-refractivity contribution in [2.75, 3.05) is 27.3 Å². The Bertz CT molecular complexity index is 1480. The minimum absolute atomic E-state index is 0.0687. The number of carbonyl (C=O) groups is 4. The summed E-state index contributed by atoms with van der Waals surface area (Å²) in [5.41, 5.74) is 2.26. The number of rotatable bonds is 21. The summed E-state index contributed by atoms with van der Waals surface area (Å²) in [6, 6.07) is 6.26. The number of benzene rings is 1. The van der Waals surface area contributed by atoms with Crippen LogP contribution in [-0.2, 0) is 30.3 Å². The summed E-state index contributed by atoms with van der Waals surface area (Å²) in [7, 11) is 3.17. The fourth-order valence-electron chi connectivity index (χ4n) is 7.27. The number of amides is 3. The van der Waals surface area contributed by atoms with Crippen LogP contribution in [0.15, 0.2) is 29.6 Å². The van der Waals surface area contributed by atoms with Crippen LogP contribution < -0.4 is 16.0 Å². The largest absolute Gasteiger partial charge is 0.469 e. The first-order valence-corrected chi connectivity index (χ1v) is 20.5. The van der Waals surface area contributed by atoms with Crippen molar-refractivity contribution in [2.24, 2.45) is 17.8 Å². The zero-order valence-corrected chi connectivity index (χ0v) is 34.5. The molecule has 1 heterocycles. The van der Waals surface area contributed by atoms with Gasteiger partial charge in [0.1, 0.15) is 22.8 Å². The van der Waals surface area contributed by atoms with E-state index in [4.69, 9.17) is 14.5 Å². The molecule has 11 nitrogen and oxygen atoms in total. The fourth-order valence-corrected chi connectivity index (χ4v) is 8.13. The fraction of sp³-hybridized carbons (Fsp3) is 0.683. The Labute approximate surface area is 321 Å². The van der Waals surface area contributed by atoms with Gasteiger partial charge in [-0.25, -0.2) is 4.98 Å². The van der Waals surface area contributed by atoms with E-state index in [0.29, 0.717) is 43.1 Å². The number of methoxy groups -OCH3 is 1. The lowest BCUT2D eigenvalue weighted by molar-refractivity contribution is -0.143. The molecule has 3 N–H and O–H groups in total. The summed E-state index contributed by atoms with van der Waals surface area (Å²) in [5.74, 6) is -1.19. The number of nitrogens with one attached hydrogen (secondary N) is 3. The molecule has 0 saturated carbocycles. The first kappa shape index (κ1) is 44.0. The molecule has 1 unspecified atom stereocenters. The summed E-state index contributed by atoms with van der Waals surface area (Å²) in [5, 5.41) is 11.9. The number of ether oxygens (including phenoxy) is 2. The molecule has 0 aliphatic heterocycles. The maximum Gasteiger partial charge on any atom is 0.313 e. The van der Waals surface area contributed by atoms with E-state index in [1.807, 2.05) is 56.9 Å².